The van der Waals surface area contributed by atoms with Crippen LogP contribution in [0.3, 0.4) is 0 Å². The summed E-state index contributed by atoms with van der Waals surface area (Å²) in [4.78, 5) is 45.9. The number of nitrogen functional groups attached to an aromatic ring is 1. The number of rotatable bonds is 2. The number of hydrogen-bond acceptors (Lipinski definition) is 6. The number of anilines is 1. The molecule has 0 atom stereocenters. The molecule has 3 rings (SSSR count). The Balaban J connectivity index is 2.40. The van der Waals surface area contributed by atoms with Crippen LogP contribution in [0.4, 0.5) is 15.9 Å². The second-order valence-corrected chi connectivity index (χ2v) is 5.10. The molecule has 3 N–H and O–H groups in total. The maximum atomic E-state index is 13.7. The smallest absolute Gasteiger partial charge is 0.277 e. The van der Waals surface area contributed by atoms with Gasteiger partial charge in [0.15, 0.2) is 0 Å². The Morgan fingerprint density at radius 1 is 1.21 bits per heavy atom. The first-order valence-corrected chi connectivity index (χ1v) is 6.58. The van der Waals surface area contributed by atoms with Crippen LogP contribution in [0, 0.1) is 22.9 Å². The van der Waals surface area contributed by atoms with Crippen molar-refractivity contribution in [2.45, 2.75) is 6.92 Å². The number of carbonyl (C=O) groups excluding carboxylic acids is 2. The SMILES string of the molecule is Cc1c(-n2c(N)c3c(cc2=O)C(=O)NC3=O)cc(F)cc1[N+](=O)[O-]. The van der Waals surface area contributed by atoms with Crippen LogP contribution in [-0.4, -0.2) is 21.3 Å². The summed E-state index contributed by atoms with van der Waals surface area (Å²) in [6, 6.07) is 2.48. The summed E-state index contributed by atoms with van der Waals surface area (Å²) >= 11 is 0. The predicted molar refractivity (Wildman–Crippen MR) is 79.6 cm³/mol. The minimum atomic E-state index is -0.949. The van der Waals surface area contributed by atoms with Gasteiger partial charge in [0.2, 0.25) is 0 Å². The molecule has 2 aromatic rings. The zero-order valence-electron chi connectivity index (χ0n) is 12.1. The quantitative estimate of drug-likeness (QED) is 0.471. The summed E-state index contributed by atoms with van der Waals surface area (Å²) in [5.41, 5.74) is 3.84. The van der Waals surface area contributed by atoms with Crippen molar-refractivity contribution in [2.24, 2.45) is 0 Å². The van der Waals surface area contributed by atoms with E-state index in [9.17, 15) is 28.9 Å². The lowest BCUT2D eigenvalue weighted by Crippen LogP contribution is -2.25. The van der Waals surface area contributed by atoms with Crippen LogP contribution < -0.4 is 16.6 Å². The molecule has 0 unspecified atom stereocenters. The number of carbonyl (C=O) groups is 2. The molecule has 1 aromatic carbocycles. The van der Waals surface area contributed by atoms with Crippen LogP contribution in [0.1, 0.15) is 26.3 Å². The molecule has 0 spiro atoms. The van der Waals surface area contributed by atoms with Crippen molar-refractivity contribution < 1.29 is 18.9 Å². The zero-order chi connectivity index (χ0) is 17.8. The minimum Gasteiger partial charge on any atom is -0.384 e. The topological polar surface area (TPSA) is 137 Å². The number of halogens is 1. The Kier molecular flexibility index (Phi) is 3.18. The molecule has 10 heteroatoms. The minimum absolute atomic E-state index is 0.0140. The molecule has 0 saturated carbocycles. The van der Waals surface area contributed by atoms with E-state index in [0.717, 1.165) is 16.7 Å². The molecule has 0 fully saturated rings. The van der Waals surface area contributed by atoms with Crippen molar-refractivity contribution in [1.29, 1.82) is 0 Å². The largest absolute Gasteiger partial charge is 0.384 e. The van der Waals surface area contributed by atoms with E-state index in [1.807, 2.05) is 5.32 Å². The van der Waals surface area contributed by atoms with Gasteiger partial charge in [-0.2, -0.15) is 0 Å². The lowest BCUT2D eigenvalue weighted by Gasteiger charge is -2.14. The molecule has 9 nitrogen and oxygen atoms in total. The molecule has 1 aliphatic rings. The highest BCUT2D eigenvalue weighted by molar-refractivity contribution is 6.23. The number of benzene rings is 1. The van der Waals surface area contributed by atoms with Gasteiger partial charge in [0.1, 0.15) is 11.6 Å². The van der Waals surface area contributed by atoms with Gasteiger partial charge >= 0.3 is 0 Å². The Bertz CT molecular complexity index is 1010. The number of fused-ring (bicyclic) bond motifs is 1. The van der Waals surface area contributed by atoms with E-state index in [1.54, 1.807) is 0 Å². The van der Waals surface area contributed by atoms with Crippen LogP contribution in [0.5, 0.6) is 0 Å². The average molecular weight is 332 g/mol. The molecule has 24 heavy (non-hydrogen) atoms. The lowest BCUT2D eigenvalue weighted by molar-refractivity contribution is -0.385. The molecule has 2 amide bonds. The van der Waals surface area contributed by atoms with Gasteiger partial charge in [0, 0.05) is 6.07 Å². The molecule has 1 aromatic heterocycles. The molecule has 0 saturated heterocycles. The number of amides is 2. The highest BCUT2D eigenvalue weighted by Gasteiger charge is 2.32. The van der Waals surface area contributed by atoms with Crippen molar-refractivity contribution in [2.75, 3.05) is 5.73 Å². The van der Waals surface area contributed by atoms with E-state index in [4.69, 9.17) is 5.73 Å². The van der Waals surface area contributed by atoms with Gasteiger partial charge in [0.25, 0.3) is 23.1 Å². The van der Waals surface area contributed by atoms with Gasteiger partial charge in [-0.05, 0) is 13.0 Å². The fraction of sp³-hybridized carbons (Fsp3) is 0.0714. The summed E-state index contributed by atoms with van der Waals surface area (Å²) in [6.07, 6.45) is 0. The summed E-state index contributed by atoms with van der Waals surface area (Å²) in [7, 11) is 0. The number of nitrogens with zero attached hydrogens (tertiary/aromatic N) is 2. The maximum absolute atomic E-state index is 13.7. The summed E-state index contributed by atoms with van der Waals surface area (Å²) < 4.78 is 14.5. The molecule has 1 aliphatic heterocycles. The third-order valence-corrected chi connectivity index (χ3v) is 3.71. The molecule has 0 aliphatic carbocycles. The van der Waals surface area contributed by atoms with Gasteiger partial charge in [-0.15, -0.1) is 0 Å². The van der Waals surface area contributed by atoms with Gasteiger partial charge < -0.3 is 5.73 Å². The average Bonchev–Trinajstić information content (AvgIpc) is 2.76. The van der Waals surface area contributed by atoms with Crippen molar-refractivity contribution >= 4 is 23.3 Å². The Hall–Kier alpha value is -3.56. The number of nitrogens with one attached hydrogen (secondary N) is 1. The van der Waals surface area contributed by atoms with Crippen molar-refractivity contribution in [3.8, 4) is 5.69 Å². The molecule has 0 radical (unpaired) electrons. The molecular weight excluding hydrogens is 323 g/mol. The number of imide groups is 1. The number of hydrogen-bond donors (Lipinski definition) is 2. The van der Waals surface area contributed by atoms with Crippen molar-refractivity contribution in [3.63, 3.8) is 0 Å². The highest BCUT2D eigenvalue weighted by atomic mass is 19.1. The highest BCUT2D eigenvalue weighted by Crippen LogP contribution is 2.29. The Morgan fingerprint density at radius 2 is 1.88 bits per heavy atom. The second kappa shape index (κ2) is 4.98. The number of aromatic nitrogens is 1. The van der Waals surface area contributed by atoms with Crippen LogP contribution in [0.25, 0.3) is 5.69 Å². The summed E-state index contributed by atoms with van der Waals surface area (Å²) in [5.74, 6) is -2.92. The van der Waals surface area contributed by atoms with Crippen molar-refractivity contribution in [1.82, 2.24) is 9.88 Å². The number of nitro benzene ring substituents is 1. The first kappa shape index (κ1) is 15.3. The van der Waals surface area contributed by atoms with Gasteiger partial charge in [0.05, 0.1) is 33.4 Å². The van der Waals surface area contributed by atoms with E-state index in [-0.39, 0.29) is 22.4 Å². The lowest BCUT2D eigenvalue weighted by atomic mass is 10.1. The molecule has 2 heterocycles. The number of pyridine rings is 1. The first-order chi connectivity index (χ1) is 11.2. The Morgan fingerprint density at radius 3 is 2.50 bits per heavy atom. The van der Waals surface area contributed by atoms with Crippen molar-refractivity contribution in [3.05, 3.63) is 61.2 Å². The summed E-state index contributed by atoms with van der Waals surface area (Å²) in [5, 5.41) is 13.0. The van der Waals surface area contributed by atoms with Gasteiger partial charge in [-0.3, -0.25) is 34.4 Å². The predicted octanol–water partition coefficient (Wildman–Crippen LogP) is 0.659. The van der Waals surface area contributed by atoms with E-state index in [0.29, 0.717) is 6.07 Å². The van der Waals surface area contributed by atoms with Gasteiger partial charge in [-0.1, -0.05) is 0 Å². The van der Waals surface area contributed by atoms with Crippen LogP contribution >= 0.6 is 0 Å². The summed E-state index contributed by atoms with van der Waals surface area (Å²) in [6.45, 7) is 1.32. The fourth-order valence-electron chi connectivity index (χ4n) is 2.60. The number of nitro groups is 1. The van der Waals surface area contributed by atoms with Crippen LogP contribution in [0.15, 0.2) is 23.0 Å². The fourth-order valence-corrected chi connectivity index (χ4v) is 2.60. The maximum Gasteiger partial charge on any atom is 0.277 e. The molecular formula is C14H9FN4O5. The molecule has 0 bridgehead atoms. The van der Waals surface area contributed by atoms with E-state index < -0.39 is 39.6 Å². The molecule has 122 valence electrons. The normalized spacial score (nSPS) is 12.9. The van der Waals surface area contributed by atoms with E-state index in [1.165, 1.54) is 6.92 Å². The van der Waals surface area contributed by atoms with E-state index in [2.05, 4.69) is 0 Å². The zero-order valence-corrected chi connectivity index (χ0v) is 12.1. The third kappa shape index (κ3) is 2.04. The first-order valence-electron chi connectivity index (χ1n) is 6.58. The second-order valence-electron chi connectivity index (χ2n) is 5.10. The number of nitrogens with two attached hydrogens (primary N) is 1. The van der Waals surface area contributed by atoms with E-state index >= 15 is 0 Å². The van der Waals surface area contributed by atoms with Gasteiger partial charge in [-0.25, -0.2) is 4.39 Å². The standard InChI is InChI=1S/C14H9FN4O5/c1-5-8(2-6(15)3-9(5)19(23)24)18-10(20)4-7-11(12(18)16)14(22)17-13(7)21/h2-4H,16H2,1H3,(H,17,21,22). The Labute approximate surface area is 132 Å². The monoisotopic (exact) mass is 332 g/mol. The van der Waals surface area contributed by atoms with Crippen LogP contribution in [0.2, 0.25) is 0 Å². The third-order valence-electron chi connectivity index (χ3n) is 3.71. The van der Waals surface area contributed by atoms with Crippen LogP contribution in [-0.2, 0) is 0 Å².